The second-order valence-corrected chi connectivity index (χ2v) is 11.5. The fraction of sp³-hybridized carbons (Fsp3) is 0.273. The number of anilines is 1. The van der Waals surface area contributed by atoms with Gasteiger partial charge in [-0.3, -0.25) is 9.59 Å². The first-order valence-electron chi connectivity index (χ1n) is 14.1. The summed E-state index contributed by atoms with van der Waals surface area (Å²) in [6, 6.07) is 21.3. The molecule has 0 radical (unpaired) electrons. The van der Waals surface area contributed by atoms with Gasteiger partial charge >= 0.3 is 5.97 Å². The van der Waals surface area contributed by atoms with E-state index in [0.717, 1.165) is 37.3 Å². The number of benzene rings is 3. The van der Waals surface area contributed by atoms with Crippen molar-refractivity contribution in [2.45, 2.75) is 32.2 Å². The Hall–Kier alpha value is -4.01. The number of hydrogen-bond acceptors (Lipinski definition) is 5. The Labute approximate surface area is 259 Å². The number of hydrogen-bond donors (Lipinski definition) is 1. The van der Waals surface area contributed by atoms with E-state index in [1.165, 1.54) is 30.0 Å². The van der Waals surface area contributed by atoms with Crippen molar-refractivity contribution in [3.8, 4) is 0 Å². The fourth-order valence-electron chi connectivity index (χ4n) is 5.41. The molecule has 0 aliphatic carbocycles. The first-order chi connectivity index (χ1) is 20.8. The SMILES string of the molecule is O=C(O)CN(Cc1cccc(F)c1)C(=O)c1cnc(N2CCC(Cc3ccccc3)CC2)nc1Cc1c(Cl)cccc1Cl. The molecule has 1 N–H and O–H groups in total. The molecule has 1 aliphatic rings. The minimum absolute atomic E-state index is 0.105. The summed E-state index contributed by atoms with van der Waals surface area (Å²) >= 11 is 13.0. The van der Waals surface area contributed by atoms with Crippen LogP contribution in [0.25, 0.3) is 0 Å². The van der Waals surface area contributed by atoms with Gasteiger partial charge in [0.15, 0.2) is 0 Å². The Morgan fingerprint density at radius 2 is 1.63 bits per heavy atom. The third kappa shape index (κ3) is 7.89. The van der Waals surface area contributed by atoms with Crippen LogP contribution < -0.4 is 4.90 Å². The molecule has 1 aromatic heterocycles. The maximum atomic E-state index is 13.9. The average Bonchev–Trinajstić information content (AvgIpc) is 2.99. The summed E-state index contributed by atoms with van der Waals surface area (Å²) in [5.74, 6) is -1.22. The van der Waals surface area contributed by atoms with Gasteiger partial charge in [-0.2, -0.15) is 0 Å². The van der Waals surface area contributed by atoms with Crippen LogP contribution in [-0.4, -0.2) is 51.5 Å². The predicted octanol–water partition coefficient (Wildman–Crippen LogP) is 6.70. The normalized spacial score (nSPS) is 13.6. The second kappa shape index (κ2) is 14.0. The summed E-state index contributed by atoms with van der Waals surface area (Å²) in [5, 5.41) is 10.4. The monoisotopic (exact) mass is 620 g/mol. The van der Waals surface area contributed by atoms with E-state index in [2.05, 4.69) is 34.1 Å². The van der Waals surface area contributed by atoms with Crippen LogP contribution in [0.5, 0.6) is 0 Å². The number of carboxylic acids is 1. The molecule has 1 saturated heterocycles. The molecule has 0 unspecified atom stereocenters. The smallest absolute Gasteiger partial charge is 0.323 e. The molecule has 3 aromatic carbocycles. The number of aliphatic carboxylic acids is 1. The third-order valence-electron chi connectivity index (χ3n) is 7.63. The second-order valence-electron chi connectivity index (χ2n) is 10.7. The van der Waals surface area contributed by atoms with Crippen LogP contribution in [0.15, 0.2) is 79.0 Å². The number of rotatable bonds is 10. The first-order valence-corrected chi connectivity index (χ1v) is 14.9. The summed E-state index contributed by atoms with van der Waals surface area (Å²) in [6.07, 6.45) is 4.56. The summed E-state index contributed by atoms with van der Waals surface area (Å²) in [7, 11) is 0. The number of piperidine rings is 1. The minimum atomic E-state index is -1.20. The molecule has 4 aromatic rings. The van der Waals surface area contributed by atoms with Crippen molar-refractivity contribution in [2.75, 3.05) is 24.5 Å². The molecular weight excluding hydrogens is 590 g/mol. The highest BCUT2D eigenvalue weighted by Crippen LogP contribution is 2.30. The van der Waals surface area contributed by atoms with E-state index in [0.29, 0.717) is 38.7 Å². The molecule has 0 bridgehead atoms. The minimum Gasteiger partial charge on any atom is -0.480 e. The van der Waals surface area contributed by atoms with Gasteiger partial charge < -0.3 is 14.9 Å². The standard InChI is InChI=1S/C33H31Cl2FN4O3/c34-28-10-5-11-29(35)26(28)18-30-27(32(43)40(21-31(41)42)20-24-8-4-9-25(36)17-24)19-37-33(38-30)39-14-12-23(13-15-39)16-22-6-2-1-3-7-22/h1-11,17,19,23H,12-16,18,20-21H2,(H,41,42). The molecule has 5 rings (SSSR count). The van der Waals surface area contributed by atoms with Crippen LogP contribution in [0.1, 0.15) is 45.6 Å². The molecular formula is C33H31Cl2FN4O3. The molecule has 0 spiro atoms. The van der Waals surface area contributed by atoms with Gasteiger partial charge in [0.05, 0.1) is 11.3 Å². The largest absolute Gasteiger partial charge is 0.480 e. The zero-order valence-corrected chi connectivity index (χ0v) is 24.9. The van der Waals surface area contributed by atoms with E-state index in [1.807, 2.05) is 6.07 Å². The number of amides is 1. The highest BCUT2D eigenvalue weighted by Gasteiger charge is 2.27. The molecule has 7 nitrogen and oxygen atoms in total. The third-order valence-corrected chi connectivity index (χ3v) is 8.34. The number of carbonyl (C=O) groups is 2. The summed E-state index contributed by atoms with van der Waals surface area (Å²) in [4.78, 5) is 38.2. The Morgan fingerprint density at radius 3 is 2.30 bits per heavy atom. The lowest BCUT2D eigenvalue weighted by molar-refractivity contribution is -0.137. The van der Waals surface area contributed by atoms with Crippen LogP contribution in [-0.2, 0) is 24.2 Å². The molecule has 1 aliphatic heterocycles. The van der Waals surface area contributed by atoms with Crippen molar-refractivity contribution in [1.82, 2.24) is 14.9 Å². The topological polar surface area (TPSA) is 86.6 Å². The fourth-order valence-corrected chi connectivity index (χ4v) is 5.95. The van der Waals surface area contributed by atoms with Gasteiger partial charge in [0.2, 0.25) is 5.95 Å². The van der Waals surface area contributed by atoms with Gasteiger partial charge in [-0.1, -0.05) is 71.7 Å². The Bertz CT molecular complexity index is 1580. The Morgan fingerprint density at radius 1 is 0.953 bits per heavy atom. The lowest BCUT2D eigenvalue weighted by Gasteiger charge is -2.32. The first kappa shape index (κ1) is 30.4. The highest BCUT2D eigenvalue weighted by molar-refractivity contribution is 6.36. The average molecular weight is 622 g/mol. The molecule has 2 heterocycles. The van der Waals surface area contributed by atoms with Crippen LogP contribution in [0.3, 0.4) is 0 Å². The van der Waals surface area contributed by atoms with E-state index < -0.39 is 24.2 Å². The van der Waals surface area contributed by atoms with Crippen LogP contribution in [0.2, 0.25) is 10.0 Å². The van der Waals surface area contributed by atoms with Gasteiger partial charge in [0, 0.05) is 42.3 Å². The summed E-state index contributed by atoms with van der Waals surface area (Å²) in [6.45, 7) is 0.841. The van der Waals surface area contributed by atoms with E-state index >= 15 is 0 Å². The molecule has 1 amide bonds. The number of aromatic nitrogens is 2. The lowest BCUT2D eigenvalue weighted by Crippen LogP contribution is -2.37. The van der Waals surface area contributed by atoms with Crippen molar-refractivity contribution >= 4 is 41.0 Å². The van der Waals surface area contributed by atoms with Gasteiger partial charge in [-0.05, 0) is 66.1 Å². The zero-order valence-electron chi connectivity index (χ0n) is 23.4. The van der Waals surface area contributed by atoms with Crippen molar-refractivity contribution in [2.24, 2.45) is 5.92 Å². The molecule has 0 saturated carbocycles. The number of carboxylic acid groups (broad SMARTS) is 1. The van der Waals surface area contributed by atoms with Gasteiger partial charge in [0.1, 0.15) is 12.4 Å². The predicted molar refractivity (Wildman–Crippen MR) is 165 cm³/mol. The maximum Gasteiger partial charge on any atom is 0.323 e. The molecule has 10 heteroatoms. The van der Waals surface area contributed by atoms with Gasteiger partial charge in [-0.25, -0.2) is 14.4 Å². The van der Waals surface area contributed by atoms with Crippen molar-refractivity contribution < 1.29 is 19.1 Å². The number of nitrogens with zero attached hydrogens (tertiary/aromatic N) is 4. The molecule has 43 heavy (non-hydrogen) atoms. The Kier molecular flexibility index (Phi) is 9.89. The quantitative estimate of drug-likeness (QED) is 0.212. The molecule has 0 atom stereocenters. The van der Waals surface area contributed by atoms with E-state index in [-0.39, 0.29) is 18.5 Å². The molecule has 222 valence electrons. The van der Waals surface area contributed by atoms with E-state index in [9.17, 15) is 19.1 Å². The van der Waals surface area contributed by atoms with Crippen molar-refractivity contribution in [3.63, 3.8) is 0 Å². The van der Waals surface area contributed by atoms with Gasteiger partial charge in [-0.15, -0.1) is 0 Å². The number of carbonyl (C=O) groups excluding carboxylic acids is 1. The van der Waals surface area contributed by atoms with Crippen LogP contribution in [0.4, 0.5) is 10.3 Å². The van der Waals surface area contributed by atoms with Crippen LogP contribution in [0, 0.1) is 11.7 Å². The van der Waals surface area contributed by atoms with Crippen LogP contribution >= 0.6 is 23.2 Å². The maximum absolute atomic E-state index is 13.9. The summed E-state index contributed by atoms with van der Waals surface area (Å²) < 4.78 is 13.9. The lowest BCUT2D eigenvalue weighted by atomic mass is 9.90. The zero-order chi connectivity index (χ0) is 30.3. The van der Waals surface area contributed by atoms with E-state index in [4.69, 9.17) is 28.2 Å². The highest BCUT2D eigenvalue weighted by atomic mass is 35.5. The van der Waals surface area contributed by atoms with E-state index in [1.54, 1.807) is 24.3 Å². The molecule has 1 fully saturated rings. The number of halogens is 3. The van der Waals surface area contributed by atoms with Crippen molar-refractivity contribution in [1.29, 1.82) is 0 Å². The van der Waals surface area contributed by atoms with Gasteiger partial charge in [0.25, 0.3) is 5.91 Å². The Balaban J connectivity index is 1.43. The summed E-state index contributed by atoms with van der Waals surface area (Å²) in [5.41, 5.74) is 2.90. The van der Waals surface area contributed by atoms with Crippen molar-refractivity contribution in [3.05, 3.63) is 123 Å².